The molecule has 0 N–H and O–H groups in total. The first-order chi connectivity index (χ1) is 4.52. The van der Waals surface area contributed by atoms with E-state index in [2.05, 4.69) is 0 Å². The molecule has 1 atom stereocenters. The molecule has 0 nitrogen and oxygen atoms in total. The highest BCUT2D eigenvalue weighted by atomic mass is 19.3. The summed E-state index contributed by atoms with van der Waals surface area (Å²) >= 11 is 0. The zero-order chi connectivity index (χ0) is 7.78. The Bertz CT molecular complexity index is 189. The van der Waals surface area contributed by atoms with Crippen LogP contribution in [0.4, 0.5) is 8.78 Å². The van der Waals surface area contributed by atoms with E-state index in [1.165, 1.54) is 13.0 Å². The second-order valence-electron chi connectivity index (χ2n) is 2.71. The van der Waals surface area contributed by atoms with Crippen LogP contribution >= 0.6 is 0 Å². The molecule has 10 heavy (non-hydrogen) atoms. The van der Waals surface area contributed by atoms with Crippen molar-refractivity contribution in [2.24, 2.45) is 5.92 Å². The van der Waals surface area contributed by atoms with Crippen molar-refractivity contribution in [2.75, 3.05) is 0 Å². The molecule has 0 aromatic carbocycles. The molecular formula is C8H10F2. The molecule has 0 fully saturated rings. The number of hydrogen-bond donors (Lipinski definition) is 0. The van der Waals surface area contributed by atoms with Crippen molar-refractivity contribution >= 4 is 0 Å². The molecule has 56 valence electrons. The van der Waals surface area contributed by atoms with Crippen molar-refractivity contribution in [3.63, 3.8) is 0 Å². The van der Waals surface area contributed by atoms with Crippen LogP contribution in [0.1, 0.15) is 13.8 Å². The van der Waals surface area contributed by atoms with Crippen LogP contribution in [0.2, 0.25) is 0 Å². The van der Waals surface area contributed by atoms with Crippen LogP contribution in [-0.4, -0.2) is 5.92 Å². The molecule has 0 amide bonds. The number of allylic oxidation sites excluding steroid dienone is 4. The van der Waals surface area contributed by atoms with Crippen molar-refractivity contribution in [3.05, 3.63) is 23.8 Å². The first kappa shape index (κ1) is 7.45. The van der Waals surface area contributed by atoms with Crippen LogP contribution in [0.3, 0.4) is 0 Å². The van der Waals surface area contributed by atoms with Gasteiger partial charge in [0.2, 0.25) is 0 Å². The Morgan fingerprint density at radius 3 is 2.50 bits per heavy atom. The van der Waals surface area contributed by atoms with E-state index in [4.69, 9.17) is 0 Å². The topological polar surface area (TPSA) is 0 Å². The zero-order valence-electron chi connectivity index (χ0n) is 6.07. The molecular weight excluding hydrogens is 134 g/mol. The summed E-state index contributed by atoms with van der Waals surface area (Å²) in [6.07, 6.45) is 4.27. The fourth-order valence-electron chi connectivity index (χ4n) is 0.908. The van der Waals surface area contributed by atoms with Gasteiger partial charge in [-0.2, -0.15) is 0 Å². The fraction of sp³-hybridized carbons (Fsp3) is 0.500. The predicted molar refractivity (Wildman–Crippen MR) is 37.0 cm³/mol. The SMILES string of the molecule is CC1=CC(F)(F)C(C)C=C1. The van der Waals surface area contributed by atoms with Crippen LogP contribution < -0.4 is 0 Å². The van der Waals surface area contributed by atoms with Gasteiger partial charge < -0.3 is 0 Å². The highest BCUT2D eigenvalue weighted by molar-refractivity contribution is 5.26. The third kappa shape index (κ3) is 1.25. The minimum absolute atomic E-state index is 0.642. The molecule has 1 aliphatic rings. The molecule has 2 heteroatoms. The van der Waals surface area contributed by atoms with E-state index in [-0.39, 0.29) is 0 Å². The lowest BCUT2D eigenvalue weighted by molar-refractivity contribution is 0.0155. The van der Waals surface area contributed by atoms with Crippen LogP contribution in [0.5, 0.6) is 0 Å². The van der Waals surface area contributed by atoms with Gasteiger partial charge in [-0.1, -0.05) is 19.1 Å². The molecule has 1 aliphatic carbocycles. The lowest BCUT2D eigenvalue weighted by Crippen LogP contribution is -2.23. The Hall–Kier alpha value is -0.660. The van der Waals surface area contributed by atoms with Crippen LogP contribution in [0.25, 0.3) is 0 Å². The molecule has 0 spiro atoms. The molecule has 0 saturated heterocycles. The summed E-state index contributed by atoms with van der Waals surface area (Å²) in [6.45, 7) is 3.19. The van der Waals surface area contributed by atoms with Gasteiger partial charge in [0, 0.05) is 5.92 Å². The van der Waals surface area contributed by atoms with E-state index in [9.17, 15) is 8.78 Å². The lowest BCUT2D eigenvalue weighted by atomic mass is 9.95. The molecule has 1 rings (SSSR count). The average Bonchev–Trinajstić information content (AvgIpc) is 1.78. The molecule has 0 radical (unpaired) electrons. The highest BCUT2D eigenvalue weighted by Crippen LogP contribution is 2.31. The van der Waals surface area contributed by atoms with Gasteiger partial charge in [-0.3, -0.25) is 0 Å². The summed E-state index contributed by atoms with van der Waals surface area (Å²) < 4.78 is 25.4. The fourth-order valence-corrected chi connectivity index (χ4v) is 0.908. The summed E-state index contributed by atoms with van der Waals surface area (Å²) in [4.78, 5) is 0. The molecule has 0 heterocycles. The Balaban J connectivity index is 2.88. The van der Waals surface area contributed by atoms with Gasteiger partial charge in [0.1, 0.15) is 0 Å². The van der Waals surface area contributed by atoms with Gasteiger partial charge in [-0.05, 0) is 18.6 Å². The van der Waals surface area contributed by atoms with Gasteiger partial charge >= 0.3 is 0 Å². The minimum Gasteiger partial charge on any atom is -0.201 e. The van der Waals surface area contributed by atoms with Gasteiger partial charge in [-0.15, -0.1) is 0 Å². The van der Waals surface area contributed by atoms with E-state index < -0.39 is 11.8 Å². The Morgan fingerprint density at radius 2 is 2.10 bits per heavy atom. The minimum atomic E-state index is -2.64. The van der Waals surface area contributed by atoms with Crippen LogP contribution in [0.15, 0.2) is 23.8 Å². The first-order valence-corrected chi connectivity index (χ1v) is 3.28. The van der Waals surface area contributed by atoms with E-state index in [0.29, 0.717) is 5.57 Å². The van der Waals surface area contributed by atoms with E-state index in [1.54, 1.807) is 13.0 Å². The van der Waals surface area contributed by atoms with Gasteiger partial charge in [0.25, 0.3) is 5.92 Å². The maximum absolute atomic E-state index is 12.7. The first-order valence-electron chi connectivity index (χ1n) is 3.28. The van der Waals surface area contributed by atoms with Gasteiger partial charge in [-0.25, -0.2) is 8.78 Å². The third-order valence-electron chi connectivity index (χ3n) is 1.68. The number of rotatable bonds is 0. The van der Waals surface area contributed by atoms with Crippen LogP contribution in [0, 0.1) is 5.92 Å². The normalized spacial score (nSPS) is 30.0. The largest absolute Gasteiger partial charge is 0.272 e. The van der Waals surface area contributed by atoms with Crippen molar-refractivity contribution in [3.8, 4) is 0 Å². The lowest BCUT2D eigenvalue weighted by Gasteiger charge is -2.21. The number of alkyl halides is 2. The second kappa shape index (κ2) is 2.19. The summed E-state index contributed by atoms with van der Waals surface area (Å²) in [5.41, 5.74) is 0.642. The predicted octanol–water partition coefficient (Wildman–Crippen LogP) is 2.77. The Morgan fingerprint density at radius 1 is 1.50 bits per heavy atom. The second-order valence-corrected chi connectivity index (χ2v) is 2.71. The van der Waals surface area contributed by atoms with Crippen molar-refractivity contribution in [1.29, 1.82) is 0 Å². The standard InChI is InChI=1S/C8H10F2/c1-6-3-4-7(2)8(9,10)5-6/h3-5,7H,1-2H3. The molecule has 1 unspecified atom stereocenters. The average molecular weight is 144 g/mol. The molecule has 0 saturated carbocycles. The summed E-state index contributed by atoms with van der Waals surface area (Å²) in [6, 6.07) is 0. The van der Waals surface area contributed by atoms with Gasteiger partial charge in [0.05, 0.1) is 0 Å². The van der Waals surface area contributed by atoms with E-state index >= 15 is 0 Å². The van der Waals surface area contributed by atoms with Crippen molar-refractivity contribution in [2.45, 2.75) is 19.8 Å². The molecule has 0 bridgehead atoms. The Kier molecular flexibility index (Phi) is 1.63. The maximum atomic E-state index is 12.7. The number of halogens is 2. The molecule has 0 aliphatic heterocycles. The third-order valence-corrected chi connectivity index (χ3v) is 1.68. The van der Waals surface area contributed by atoms with E-state index in [1.807, 2.05) is 0 Å². The summed E-state index contributed by atoms with van der Waals surface area (Å²) in [5.74, 6) is -3.30. The summed E-state index contributed by atoms with van der Waals surface area (Å²) in [7, 11) is 0. The van der Waals surface area contributed by atoms with Crippen LogP contribution in [-0.2, 0) is 0 Å². The van der Waals surface area contributed by atoms with E-state index in [0.717, 1.165) is 6.08 Å². The Labute approximate surface area is 59.2 Å². The zero-order valence-corrected chi connectivity index (χ0v) is 6.07. The van der Waals surface area contributed by atoms with Crippen molar-refractivity contribution < 1.29 is 8.78 Å². The quantitative estimate of drug-likeness (QED) is 0.490. The smallest absolute Gasteiger partial charge is 0.201 e. The van der Waals surface area contributed by atoms with Gasteiger partial charge in [0.15, 0.2) is 0 Å². The van der Waals surface area contributed by atoms with Crippen molar-refractivity contribution in [1.82, 2.24) is 0 Å². The molecule has 0 aromatic heterocycles. The monoisotopic (exact) mass is 144 g/mol. The maximum Gasteiger partial charge on any atom is 0.272 e. The number of hydrogen-bond acceptors (Lipinski definition) is 0. The highest BCUT2D eigenvalue weighted by Gasteiger charge is 2.33. The summed E-state index contributed by atoms with van der Waals surface area (Å²) in [5, 5.41) is 0. The molecule has 0 aromatic rings.